The Morgan fingerprint density at radius 2 is 2.06 bits per heavy atom. The van der Waals surface area contributed by atoms with Gasteiger partial charge in [-0.1, -0.05) is 0 Å². The van der Waals surface area contributed by atoms with Gasteiger partial charge in [-0.15, -0.1) is 0 Å². The SMILES string of the molecule is NC[C@H]1CC[C@@H](C(=O)N2CCC(=O)CC2)O1. The van der Waals surface area contributed by atoms with Crippen LogP contribution in [0.3, 0.4) is 0 Å². The van der Waals surface area contributed by atoms with Gasteiger partial charge in [-0.25, -0.2) is 0 Å². The molecule has 2 fully saturated rings. The molecule has 2 saturated heterocycles. The Hall–Kier alpha value is -0.940. The van der Waals surface area contributed by atoms with Gasteiger partial charge in [0.25, 0.3) is 5.91 Å². The molecule has 5 heteroatoms. The number of hydrogen-bond acceptors (Lipinski definition) is 4. The molecule has 0 aromatic carbocycles. The highest BCUT2D eigenvalue weighted by atomic mass is 16.5. The maximum absolute atomic E-state index is 12.0. The fraction of sp³-hybridized carbons (Fsp3) is 0.818. The fourth-order valence-electron chi connectivity index (χ4n) is 2.24. The molecule has 0 saturated carbocycles. The molecule has 2 aliphatic heterocycles. The van der Waals surface area contributed by atoms with Crippen LogP contribution in [0.4, 0.5) is 0 Å². The van der Waals surface area contributed by atoms with E-state index in [1.54, 1.807) is 4.90 Å². The zero-order valence-electron chi connectivity index (χ0n) is 9.35. The second kappa shape index (κ2) is 4.93. The van der Waals surface area contributed by atoms with E-state index in [2.05, 4.69) is 0 Å². The van der Waals surface area contributed by atoms with Crippen molar-refractivity contribution in [3.63, 3.8) is 0 Å². The summed E-state index contributed by atoms with van der Waals surface area (Å²) in [6, 6.07) is 0. The summed E-state index contributed by atoms with van der Waals surface area (Å²) in [6.07, 6.45) is 2.28. The monoisotopic (exact) mass is 226 g/mol. The number of hydrogen-bond donors (Lipinski definition) is 1. The Labute approximate surface area is 94.9 Å². The van der Waals surface area contributed by atoms with Gasteiger partial charge in [0.05, 0.1) is 6.10 Å². The number of likely N-dealkylation sites (tertiary alicyclic amines) is 1. The Bertz CT molecular complexity index is 283. The second-order valence-corrected chi connectivity index (χ2v) is 4.42. The van der Waals surface area contributed by atoms with Crippen LogP contribution in [-0.4, -0.2) is 48.4 Å². The molecule has 2 N–H and O–H groups in total. The predicted molar refractivity (Wildman–Crippen MR) is 57.8 cm³/mol. The van der Waals surface area contributed by atoms with E-state index < -0.39 is 0 Å². The third kappa shape index (κ3) is 2.41. The minimum atomic E-state index is -0.332. The molecule has 0 unspecified atom stereocenters. The molecule has 0 aliphatic carbocycles. The lowest BCUT2D eigenvalue weighted by Crippen LogP contribution is -2.44. The van der Waals surface area contributed by atoms with Crippen molar-refractivity contribution in [2.45, 2.75) is 37.9 Å². The van der Waals surface area contributed by atoms with Gasteiger partial charge in [0.2, 0.25) is 0 Å². The van der Waals surface area contributed by atoms with Gasteiger partial charge in [-0.05, 0) is 12.8 Å². The maximum atomic E-state index is 12.0. The lowest BCUT2D eigenvalue weighted by molar-refractivity contribution is -0.144. The van der Waals surface area contributed by atoms with Gasteiger partial charge in [0.1, 0.15) is 11.9 Å². The average Bonchev–Trinajstić information content (AvgIpc) is 2.77. The molecular formula is C11H18N2O3. The van der Waals surface area contributed by atoms with Gasteiger partial charge >= 0.3 is 0 Å². The Morgan fingerprint density at radius 1 is 1.38 bits per heavy atom. The smallest absolute Gasteiger partial charge is 0.251 e. The minimum absolute atomic E-state index is 0.0281. The Balaban J connectivity index is 1.86. The van der Waals surface area contributed by atoms with Gasteiger partial charge in [-0.3, -0.25) is 9.59 Å². The van der Waals surface area contributed by atoms with E-state index in [1.807, 2.05) is 0 Å². The second-order valence-electron chi connectivity index (χ2n) is 4.42. The van der Waals surface area contributed by atoms with E-state index in [0.717, 1.165) is 12.8 Å². The van der Waals surface area contributed by atoms with Crippen molar-refractivity contribution < 1.29 is 14.3 Å². The Kier molecular flexibility index (Phi) is 3.56. The van der Waals surface area contributed by atoms with Crippen molar-refractivity contribution in [3.8, 4) is 0 Å². The van der Waals surface area contributed by atoms with Crippen LogP contribution in [0.2, 0.25) is 0 Å². The molecule has 2 atom stereocenters. The van der Waals surface area contributed by atoms with Crippen molar-refractivity contribution in [1.82, 2.24) is 4.90 Å². The van der Waals surface area contributed by atoms with Gasteiger partial charge < -0.3 is 15.4 Å². The third-order valence-electron chi connectivity index (χ3n) is 3.28. The highest BCUT2D eigenvalue weighted by Crippen LogP contribution is 2.21. The maximum Gasteiger partial charge on any atom is 0.251 e. The van der Waals surface area contributed by atoms with Crippen molar-refractivity contribution in [3.05, 3.63) is 0 Å². The summed E-state index contributed by atoms with van der Waals surface area (Å²) in [5, 5.41) is 0. The van der Waals surface area contributed by atoms with Crippen molar-refractivity contribution in [2.24, 2.45) is 5.73 Å². The summed E-state index contributed by atoms with van der Waals surface area (Å²) in [4.78, 5) is 24.8. The first-order chi connectivity index (χ1) is 7.70. The zero-order valence-corrected chi connectivity index (χ0v) is 9.35. The number of ketones is 1. The van der Waals surface area contributed by atoms with Gasteiger partial charge in [0, 0.05) is 32.5 Å². The van der Waals surface area contributed by atoms with E-state index >= 15 is 0 Å². The quantitative estimate of drug-likeness (QED) is 0.700. The standard InChI is InChI=1S/C11H18N2O3/c12-7-9-1-2-10(16-9)11(15)13-5-3-8(14)4-6-13/h9-10H,1-7,12H2/t9-,10+/m1/s1. The fourth-order valence-corrected chi connectivity index (χ4v) is 2.24. The largest absolute Gasteiger partial charge is 0.364 e. The minimum Gasteiger partial charge on any atom is -0.364 e. The molecule has 2 rings (SSSR count). The summed E-state index contributed by atoms with van der Waals surface area (Å²) in [5.74, 6) is 0.277. The molecule has 0 aromatic rings. The van der Waals surface area contributed by atoms with E-state index in [0.29, 0.717) is 32.5 Å². The van der Waals surface area contributed by atoms with Crippen molar-refractivity contribution >= 4 is 11.7 Å². The van der Waals surface area contributed by atoms with Gasteiger partial charge in [0.15, 0.2) is 0 Å². The zero-order chi connectivity index (χ0) is 11.5. The molecule has 90 valence electrons. The van der Waals surface area contributed by atoms with Crippen molar-refractivity contribution in [1.29, 1.82) is 0 Å². The number of nitrogens with two attached hydrogens (primary N) is 1. The molecule has 0 bridgehead atoms. The van der Waals surface area contributed by atoms with Crippen molar-refractivity contribution in [2.75, 3.05) is 19.6 Å². The van der Waals surface area contributed by atoms with Crippen LogP contribution in [0.25, 0.3) is 0 Å². The summed E-state index contributed by atoms with van der Waals surface area (Å²) >= 11 is 0. The molecule has 16 heavy (non-hydrogen) atoms. The Morgan fingerprint density at radius 3 is 2.62 bits per heavy atom. The van der Waals surface area contributed by atoms with Crippen LogP contribution in [0.15, 0.2) is 0 Å². The number of Topliss-reactive ketones (excluding diaryl/α,β-unsaturated/α-hetero) is 1. The highest BCUT2D eigenvalue weighted by molar-refractivity contribution is 5.85. The molecule has 5 nitrogen and oxygen atoms in total. The van der Waals surface area contributed by atoms with Crippen LogP contribution >= 0.6 is 0 Å². The van der Waals surface area contributed by atoms with Crippen LogP contribution in [0.1, 0.15) is 25.7 Å². The molecule has 2 heterocycles. The number of nitrogens with zero attached hydrogens (tertiary/aromatic N) is 1. The first kappa shape index (κ1) is 11.5. The third-order valence-corrected chi connectivity index (χ3v) is 3.28. The average molecular weight is 226 g/mol. The molecule has 0 aromatic heterocycles. The van der Waals surface area contributed by atoms with E-state index in [1.165, 1.54) is 0 Å². The lowest BCUT2D eigenvalue weighted by atomic mass is 10.1. The number of ether oxygens (including phenoxy) is 1. The lowest BCUT2D eigenvalue weighted by Gasteiger charge is -2.28. The number of carbonyl (C=O) groups is 2. The van der Waals surface area contributed by atoms with Gasteiger partial charge in [-0.2, -0.15) is 0 Å². The molecule has 0 radical (unpaired) electrons. The van der Waals surface area contributed by atoms with E-state index in [4.69, 9.17) is 10.5 Å². The number of rotatable bonds is 2. The van der Waals surface area contributed by atoms with Crippen LogP contribution in [0.5, 0.6) is 0 Å². The highest BCUT2D eigenvalue weighted by Gasteiger charge is 2.33. The molecule has 1 amide bonds. The topological polar surface area (TPSA) is 72.6 Å². The summed E-state index contributed by atoms with van der Waals surface area (Å²) in [7, 11) is 0. The molecular weight excluding hydrogens is 208 g/mol. The summed E-state index contributed by atoms with van der Waals surface area (Å²) in [6.45, 7) is 1.57. The number of carbonyl (C=O) groups excluding carboxylic acids is 2. The normalized spacial score (nSPS) is 30.8. The van der Waals surface area contributed by atoms with E-state index in [9.17, 15) is 9.59 Å². The first-order valence-electron chi connectivity index (χ1n) is 5.86. The molecule has 0 spiro atoms. The van der Waals surface area contributed by atoms with E-state index in [-0.39, 0.29) is 23.9 Å². The number of piperidine rings is 1. The summed E-state index contributed by atoms with van der Waals surface area (Å²) in [5.41, 5.74) is 5.50. The van der Waals surface area contributed by atoms with Crippen LogP contribution in [-0.2, 0) is 14.3 Å². The predicted octanol–water partition coefficient (Wildman–Crippen LogP) is -0.316. The summed E-state index contributed by atoms with van der Waals surface area (Å²) < 4.78 is 5.55. The number of amides is 1. The van der Waals surface area contributed by atoms with Crippen LogP contribution in [0, 0.1) is 0 Å². The van der Waals surface area contributed by atoms with Crippen LogP contribution < -0.4 is 5.73 Å². The first-order valence-corrected chi connectivity index (χ1v) is 5.86. The molecule has 2 aliphatic rings.